The summed E-state index contributed by atoms with van der Waals surface area (Å²) in [5.41, 5.74) is 6.40. The highest BCUT2D eigenvalue weighted by Crippen LogP contribution is 2.19. The van der Waals surface area contributed by atoms with Gasteiger partial charge in [-0.15, -0.1) is 0 Å². The van der Waals surface area contributed by atoms with Gasteiger partial charge in [-0.2, -0.15) is 0 Å². The topological polar surface area (TPSA) is 83.0 Å². The Hall–Kier alpha value is -2.37. The second-order valence-corrected chi connectivity index (χ2v) is 3.06. The Kier molecular flexibility index (Phi) is 2.55. The quantitative estimate of drug-likeness (QED) is 0.748. The number of nitrogens with two attached hydrogens (primary N) is 1. The zero-order chi connectivity index (χ0) is 11.5. The second-order valence-electron chi connectivity index (χ2n) is 3.06. The molecule has 0 aromatic carbocycles. The zero-order valence-electron chi connectivity index (χ0n) is 8.62. The minimum absolute atomic E-state index is 0.271. The lowest BCUT2D eigenvalue weighted by molar-refractivity contribution is 0.0602. The number of carbonyl (C=O) groups is 1. The van der Waals surface area contributed by atoms with Crippen molar-refractivity contribution >= 4 is 11.7 Å². The molecule has 6 heteroatoms. The van der Waals surface area contributed by atoms with Crippen LogP contribution in [0.5, 0.6) is 0 Å². The van der Waals surface area contributed by atoms with Crippen LogP contribution in [0.4, 0.5) is 5.69 Å². The third-order valence-electron chi connectivity index (χ3n) is 2.12. The van der Waals surface area contributed by atoms with E-state index in [0.29, 0.717) is 11.4 Å². The normalized spacial score (nSPS) is 10.1. The average molecular weight is 218 g/mol. The number of aromatic nitrogens is 3. The van der Waals surface area contributed by atoms with E-state index in [-0.39, 0.29) is 5.69 Å². The molecule has 0 aliphatic carbocycles. The highest BCUT2D eigenvalue weighted by Gasteiger charge is 2.14. The molecule has 82 valence electrons. The zero-order valence-corrected chi connectivity index (χ0v) is 8.62. The average Bonchev–Trinajstić information content (AvgIpc) is 2.82. The molecule has 0 fully saturated rings. The monoisotopic (exact) mass is 218 g/mol. The number of nitrogen functional groups attached to an aromatic ring is 1. The van der Waals surface area contributed by atoms with Crippen LogP contribution in [0.3, 0.4) is 0 Å². The van der Waals surface area contributed by atoms with Crippen LogP contribution in [0.2, 0.25) is 0 Å². The van der Waals surface area contributed by atoms with Crippen molar-refractivity contribution < 1.29 is 9.53 Å². The third-order valence-corrected chi connectivity index (χ3v) is 2.12. The largest absolute Gasteiger partial charge is 0.465 e. The molecule has 0 amide bonds. The lowest BCUT2D eigenvalue weighted by Crippen LogP contribution is -2.10. The van der Waals surface area contributed by atoms with Crippen molar-refractivity contribution in [1.29, 1.82) is 0 Å². The van der Waals surface area contributed by atoms with E-state index in [9.17, 15) is 4.79 Å². The molecule has 0 saturated heterocycles. The van der Waals surface area contributed by atoms with Gasteiger partial charge in [0.15, 0.2) is 5.82 Å². The molecule has 2 heterocycles. The standard InChI is InChI=1S/C10H10N4O2/c1-16-10(15)7-2-3-13-9(8(7)11)14-5-4-12-6-14/h2-6H,11H2,1H3. The summed E-state index contributed by atoms with van der Waals surface area (Å²) in [6.45, 7) is 0. The summed E-state index contributed by atoms with van der Waals surface area (Å²) in [7, 11) is 1.30. The Bertz CT molecular complexity index is 508. The number of hydrogen-bond acceptors (Lipinski definition) is 5. The van der Waals surface area contributed by atoms with Gasteiger partial charge in [-0.25, -0.2) is 14.8 Å². The van der Waals surface area contributed by atoms with Crippen LogP contribution in [0.1, 0.15) is 10.4 Å². The fourth-order valence-electron chi connectivity index (χ4n) is 1.34. The van der Waals surface area contributed by atoms with Crippen LogP contribution in [-0.2, 0) is 4.74 Å². The lowest BCUT2D eigenvalue weighted by atomic mass is 10.2. The SMILES string of the molecule is COC(=O)c1ccnc(-n2ccnc2)c1N. The first-order valence-electron chi connectivity index (χ1n) is 4.55. The molecule has 2 rings (SSSR count). The van der Waals surface area contributed by atoms with Gasteiger partial charge in [0.2, 0.25) is 0 Å². The van der Waals surface area contributed by atoms with Gasteiger partial charge in [-0.05, 0) is 6.07 Å². The molecule has 0 aliphatic rings. The van der Waals surface area contributed by atoms with Crippen molar-refractivity contribution in [2.45, 2.75) is 0 Å². The Morgan fingerprint density at radius 2 is 2.31 bits per heavy atom. The van der Waals surface area contributed by atoms with Crippen LogP contribution >= 0.6 is 0 Å². The molecule has 0 unspecified atom stereocenters. The molecular weight excluding hydrogens is 208 g/mol. The fraction of sp³-hybridized carbons (Fsp3) is 0.100. The Morgan fingerprint density at radius 1 is 1.50 bits per heavy atom. The molecule has 0 radical (unpaired) electrons. The van der Waals surface area contributed by atoms with E-state index in [1.165, 1.54) is 19.4 Å². The Morgan fingerprint density at radius 3 is 2.94 bits per heavy atom. The van der Waals surface area contributed by atoms with Crippen molar-refractivity contribution in [2.24, 2.45) is 0 Å². The van der Waals surface area contributed by atoms with Gasteiger partial charge in [0.25, 0.3) is 0 Å². The smallest absolute Gasteiger partial charge is 0.340 e. The van der Waals surface area contributed by atoms with Crippen molar-refractivity contribution in [2.75, 3.05) is 12.8 Å². The van der Waals surface area contributed by atoms with Crippen LogP contribution in [0.25, 0.3) is 5.82 Å². The first kappa shape index (κ1) is 10.2. The van der Waals surface area contributed by atoms with Gasteiger partial charge in [-0.1, -0.05) is 0 Å². The van der Waals surface area contributed by atoms with Crippen LogP contribution in [-0.4, -0.2) is 27.6 Å². The number of imidazole rings is 1. The second kappa shape index (κ2) is 4.01. The minimum atomic E-state index is -0.485. The number of ether oxygens (including phenoxy) is 1. The summed E-state index contributed by atoms with van der Waals surface area (Å²) < 4.78 is 6.24. The van der Waals surface area contributed by atoms with E-state index in [0.717, 1.165) is 0 Å². The van der Waals surface area contributed by atoms with Crippen LogP contribution < -0.4 is 5.73 Å². The maximum atomic E-state index is 11.4. The third kappa shape index (κ3) is 1.60. The number of nitrogens with zero attached hydrogens (tertiary/aromatic N) is 3. The minimum Gasteiger partial charge on any atom is -0.465 e. The first-order valence-corrected chi connectivity index (χ1v) is 4.55. The van der Waals surface area contributed by atoms with Crippen molar-refractivity contribution in [1.82, 2.24) is 14.5 Å². The van der Waals surface area contributed by atoms with E-state index in [4.69, 9.17) is 5.73 Å². The van der Waals surface area contributed by atoms with Crippen LogP contribution in [0, 0.1) is 0 Å². The van der Waals surface area contributed by atoms with Crippen LogP contribution in [0.15, 0.2) is 31.0 Å². The summed E-state index contributed by atoms with van der Waals surface area (Å²) in [6, 6.07) is 1.52. The highest BCUT2D eigenvalue weighted by atomic mass is 16.5. The number of carbonyl (C=O) groups excluding carboxylic acids is 1. The number of anilines is 1. The molecule has 0 aliphatic heterocycles. The molecule has 0 bridgehead atoms. The number of rotatable bonds is 2. The van der Waals surface area contributed by atoms with Gasteiger partial charge in [-0.3, -0.25) is 4.57 Å². The maximum absolute atomic E-state index is 11.4. The molecule has 2 N–H and O–H groups in total. The number of hydrogen-bond donors (Lipinski definition) is 1. The number of methoxy groups -OCH3 is 1. The summed E-state index contributed by atoms with van der Waals surface area (Å²) in [6.07, 6.45) is 6.35. The van der Waals surface area contributed by atoms with E-state index >= 15 is 0 Å². The summed E-state index contributed by atoms with van der Waals surface area (Å²) >= 11 is 0. The molecule has 6 nitrogen and oxygen atoms in total. The first-order chi connectivity index (χ1) is 7.74. The maximum Gasteiger partial charge on any atom is 0.340 e. The predicted molar refractivity (Wildman–Crippen MR) is 57.1 cm³/mol. The fourth-order valence-corrected chi connectivity index (χ4v) is 1.34. The molecule has 16 heavy (non-hydrogen) atoms. The van der Waals surface area contributed by atoms with E-state index in [2.05, 4.69) is 14.7 Å². The lowest BCUT2D eigenvalue weighted by Gasteiger charge is -2.08. The summed E-state index contributed by atoms with van der Waals surface area (Å²) in [5.74, 6) is -0.0262. The van der Waals surface area contributed by atoms with Gasteiger partial charge < -0.3 is 10.5 Å². The number of esters is 1. The van der Waals surface area contributed by atoms with E-state index < -0.39 is 5.97 Å². The van der Waals surface area contributed by atoms with Crippen molar-refractivity contribution in [3.8, 4) is 5.82 Å². The molecule has 0 saturated carbocycles. The van der Waals surface area contributed by atoms with E-state index in [1.54, 1.807) is 23.3 Å². The molecule has 0 atom stereocenters. The summed E-state index contributed by atoms with van der Waals surface area (Å²) in [5, 5.41) is 0. The van der Waals surface area contributed by atoms with Gasteiger partial charge in [0.05, 0.1) is 18.4 Å². The molecule has 2 aromatic heterocycles. The molecular formula is C10H10N4O2. The molecule has 0 spiro atoms. The summed E-state index contributed by atoms with van der Waals surface area (Å²) in [4.78, 5) is 19.4. The van der Waals surface area contributed by atoms with Gasteiger partial charge >= 0.3 is 5.97 Å². The Labute approximate surface area is 91.7 Å². The van der Waals surface area contributed by atoms with Gasteiger partial charge in [0, 0.05) is 18.6 Å². The van der Waals surface area contributed by atoms with Gasteiger partial charge in [0.1, 0.15) is 6.33 Å². The molecule has 2 aromatic rings. The van der Waals surface area contributed by atoms with E-state index in [1.807, 2.05) is 0 Å². The van der Waals surface area contributed by atoms with Crippen molar-refractivity contribution in [3.63, 3.8) is 0 Å². The highest BCUT2D eigenvalue weighted by molar-refractivity contribution is 5.96. The number of pyridine rings is 1. The Balaban J connectivity index is 2.53. The predicted octanol–water partition coefficient (Wildman–Crippen LogP) is 0.636. The van der Waals surface area contributed by atoms with Crippen molar-refractivity contribution in [3.05, 3.63) is 36.5 Å².